The number of hydrogen-bond donors (Lipinski definition) is 3. The van der Waals surface area contributed by atoms with Crippen molar-refractivity contribution in [2.45, 2.75) is 5.60 Å². The maximum atomic E-state index is 12.9. The number of nitrogens with zero attached hydrogens (tertiary/aromatic N) is 1. The van der Waals surface area contributed by atoms with E-state index in [-0.39, 0.29) is 11.4 Å². The van der Waals surface area contributed by atoms with Crippen molar-refractivity contribution in [3.63, 3.8) is 0 Å². The fraction of sp³-hybridized carbons (Fsp3) is 0.0526. The molecule has 3 aromatic rings. The molecule has 2 aromatic carbocycles. The summed E-state index contributed by atoms with van der Waals surface area (Å²) in [4.78, 5) is 16.7. The quantitative estimate of drug-likeness (QED) is 0.690. The van der Waals surface area contributed by atoms with Crippen molar-refractivity contribution >= 4 is 11.6 Å². The molecule has 0 saturated carbocycles. The lowest BCUT2D eigenvalue weighted by Gasteiger charge is -2.28. The summed E-state index contributed by atoms with van der Waals surface area (Å²) in [5, 5.41) is 23.6. The molecule has 0 spiro atoms. The maximum Gasteiger partial charge on any atom is 0.265 e. The van der Waals surface area contributed by atoms with Gasteiger partial charge in [-0.2, -0.15) is 0 Å². The van der Waals surface area contributed by atoms with Gasteiger partial charge in [0.25, 0.3) is 5.91 Å². The molecule has 0 aliphatic rings. The van der Waals surface area contributed by atoms with Crippen LogP contribution in [0.25, 0.3) is 0 Å². The number of rotatable bonds is 4. The zero-order chi connectivity index (χ0) is 17.0. The van der Waals surface area contributed by atoms with Gasteiger partial charge in [0, 0.05) is 6.20 Å². The second-order valence-electron chi connectivity index (χ2n) is 5.29. The van der Waals surface area contributed by atoms with Gasteiger partial charge in [-0.15, -0.1) is 0 Å². The van der Waals surface area contributed by atoms with Crippen LogP contribution < -0.4 is 5.32 Å². The molecule has 0 bridgehead atoms. The summed E-state index contributed by atoms with van der Waals surface area (Å²) in [7, 11) is 0. The van der Waals surface area contributed by atoms with Gasteiger partial charge in [0.05, 0.1) is 11.9 Å². The first-order valence-electron chi connectivity index (χ1n) is 7.40. The highest BCUT2D eigenvalue weighted by Gasteiger charge is 2.40. The van der Waals surface area contributed by atoms with Crippen LogP contribution in [0.4, 0.5) is 5.69 Å². The van der Waals surface area contributed by atoms with E-state index in [1.807, 2.05) is 12.1 Å². The van der Waals surface area contributed by atoms with E-state index in [0.29, 0.717) is 11.1 Å². The maximum absolute atomic E-state index is 12.9. The molecule has 5 nitrogen and oxygen atoms in total. The number of aromatic hydroxyl groups is 1. The summed E-state index contributed by atoms with van der Waals surface area (Å²) in [5.74, 6) is -0.837. The van der Waals surface area contributed by atoms with E-state index in [0.717, 1.165) is 0 Å². The molecule has 0 saturated heterocycles. The molecule has 3 N–H and O–H groups in total. The summed E-state index contributed by atoms with van der Waals surface area (Å²) in [6.07, 6.45) is 2.67. The van der Waals surface area contributed by atoms with Crippen molar-refractivity contribution < 1.29 is 15.0 Å². The second-order valence-corrected chi connectivity index (χ2v) is 5.29. The van der Waals surface area contributed by atoms with E-state index >= 15 is 0 Å². The predicted molar refractivity (Wildman–Crippen MR) is 90.4 cm³/mol. The van der Waals surface area contributed by atoms with E-state index in [4.69, 9.17) is 0 Å². The van der Waals surface area contributed by atoms with Crippen LogP contribution in [0.5, 0.6) is 5.75 Å². The number of amides is 1. The van der Waals surface area contributed by atoms with Crippen LogP contribution in [0.2, 0.25) is 0 Å². The Morgan fingerprint density at radius 1 is 0.917 bits per heavy atom. The van der Waals surface area contributed by atoms with Crippen LogP contribution in [-0.4, -0.2) is 21.1 Å². The minimum absolute atomic E-state index is 0.172. The lowest BCUT2D eigenvalue weighted by Crippen LogP contribution is -2.41. The summed E-state index contributed by atoms with van der Waals surface area (Å²) in [5.41, 5.74) is -0.845. The molecule has 3 rings (SSSR count). The number of benzene rings is 2. The highest BCUT2D eigenvalue weighted by molar-refractivity contribution is 6.01. The molecular formula is C19H16N2O3. The van der Waals surface area contributed by atoms with Crippen LogP contribution in [0.3, 0.4) is 0 Å². The van der Waals surface area contributed by atoms with Gasteiger partial charge in [0.1, 0.15) is 0 Å². The average Bonchev–Trinajstić information content (AvgIpc) is 2.64. The fourth-order valence-electron chi connectivity index (χ4n) is 2.49. The van der Waals surface area contributed by atoms with Crippen molar-refractivity contribution in [2.75, 3.05) is 5.32 Å². The predicted octanol–water partition coefficient (Wildman–Crippen LogP) is 2.66. The molecule has 0 radical (unpaired) electrons. The number of carbonyl (C=O) groups excluding carboxylic acids is 1. The minimum Gasteiger partial charge on any atom is -0.504 e. The third-order valence-corrected chi connectivity index (χ3v) is 3.76. The molecule has 120 valence electrons. The molecule has 1 amide bonds. The average molecular weight is 320 g/mol. The molecule has 0 atom stereocenters. The van der Waals surface area contributed by atoms with Crippen LogP contribution in [0.15, 0.2) is 79.1 Å². The first kappa shape index (κ1) is 15.7. The van der Waals surface area contributed by atoms with Gasteiger partial charge in [-0.25, -0.2) is 0 Å². The Balaban J connectivity index is 2.06. The van der Waals surface area contributed by atoms with Crippen LogP contribution in [0.1, 0.15) is 11.1 Å². The second kappa shape index (κ2) is 6.52. The van der Waals surface area contributed by atoms with Gasteiger partial charge in [-0.05, 0) is 17.2 Å². The Morgan fingerprint density at radius 3 is 1.96 bits per heavy atom. The summed E-state index contributed by atoms with van der Waals surface area (Å²) in [6.45, 7) is 0. The topological polar surface area (TPSA) is 82.5 Å². The van der Waals surface area contributed by atoms with Crippen molar-refractivity contribution in [2.24, 2.45) is 0 Å². The van der Waals surface area contributed by atoms with E-state index in [2.05, 4.69) is 10.3 Å². The number of nitrogens with one attached hydrogen (secondary N) is 1. The van der Waals surface area contributed by atoms with Gasteiger partial charge < -0.3 is 15.5 Å². The van der Waals surface area contributed by atoms with Crippen molar-refractivity contribution in [1.82, 2.24) is 4.98 Å². The first-order chi connectivity index (χ1) is 11.6. The summed E-state index contributed by atoms with van der Waals surface area (Å²) in [6, 6.07) is 18.8. The van der Waals surface area contributed by atoms with Gasteiger partial charge >= 0.3 is 0 Å². The standard InChI is InChI=1S/C19H16N2O3/c22-17-13-20-12-11-16(17)21-18(23)19(24,14-7-3-1-4-8-14)15-9-5-2-6-10-15/h1-13,22,24H,(H,20,21,23). The molecule has 1 heterocycles. The van der Waals surface area contributed by atoms with Gasteiger partial charge in [-0.1, -0.05) is 60.7 Å². The number of pyridine rings is 1. The van der Waals surface area contributed by atoms with E-state index < -0.39 is 11.5 Å². The Hall–Kier alpha value is -3.18. The third kappa shape index (κ3) is 2.85. The SMILES string of the molecule is O=C(Nc1ccncc1O)C(O)(c1ccccc1)c1ccccc1. The number of aromatic nitrogens is 1. The van der Waals surface area contributed by atoms with Crippen molar-refractivity contribution in [1.29, 1.82) is 0 Å². The third-order valence-electron chi connectivity index (χ3n) is 3.76. The largest absolute Gasteiger partial charge is 0.504 e. The number of aliphatic hydroxyl groups is 1. The smallest absolute Gasteiger partial charge is 0.265 e. The van der Waals surface area contributed by atoms with Gasteiger partial charge in [-0.3, -0.25) is 9.78 Å². The zero-order valence-electron chi connectivity index (χ0n) is 12.8. The molecule has 0 aliphatic heterocycles. The van der Waals surface area contributed by atoms with Crippen LogP contribution >= 0.6 is 0 Å². The molecule has 1 aromatic heterocycles. The first-order valence-corrected chi connectivity index (χ1v) is 7.40. The Bertz CT molecular complexity index is 796. The highest BCUT2D eigenvalue weighted by atomic mass is 16.3. The zero-order valence-corrected chi connectivity index (χ0v) is 12.8. The molecule has 0 fully saturated rings. The number of hydrogen-bond acceptors (Lipinski definition) is 4. The number of carbonyl (C=O) groups is 1. The van der Waals surface area contributed by atoms with Crippen LogP contribution in [0, 0.1) is 0 Å². The van der Waals surface area contributed by atoms with E-state index in [9.17, 15) is 15.0 Å². The molecule has 24 heavy (non-hydrogen) atoms. The minimum atomic E-state index is -1.89. The van der Waals surface area contributed by atoms with Crippen LogP contribution in [-0.2, 0) is 10.4 Å². The van der Waals surface area contributed by atoms with E-state index in [1.54, 1.807) is 48.5 Å². The summed E-state index contributed by atoms with van der Waals surface area (Å²) < 4.78 is 0. The fourth-order valence-corrected chi connectivity index (χ4v) is 2.49. The van der Waals surface area contributed by atoms with Gasteiger partial charge in [0.2, 0.25) is 0 Å². The monoisotopic (exact) mass is 320 g/mol. The lowest BCUT2D eigenvalue weighted by atomic mass is 9.85. The Labute approximate surface area is 139 Å². The van der Waals surface area contributed by atoms with Crippen molar-refractivity contribution in [3.05, 3.63) is 90.3 Å². The highest BCUT2D eigenvalue weighted by Crippen LogP contribution is 2.32. The normalized spacial score (nSPS) is 11.0. The molecule has 5 heteroatoms. The number of anilines is 1. The molecule has 0 aliphatic carbocycles. The lowest BCUT2D eigenvalue weighted by molar-refractivity contribution is -0.131. The van der Waals surface area contributed by atoms with Crippen molar-refractivity contribution in [3.8, 4) is 5.75 Å². The summed E-state index contributed by atoms with van der Waals surface area (Å²) >= 11 is 0. The molecular weight excluding hydrogens is 304 g/mol. The molecule has 0 unspecified atom stereocenters. The van der Waals surface area contributed by atoms with E-state index in [1.165, 1.54) is 18.5 Å². The Kier molecular flexibility index (Phi) is 4.26. The van der Waals surface area contributed by atoms with Gasteiger partial charge in [0.15, 0.2) is 11.4 Å². The Morgan fingerprint density at radius 2 is 1.46 bits per heavy atom.